The Bertz CT molecular complexity index is 964. The second kappa shape index (κ2) is 9.81. The first-order chi connectivity index (χ1) is 15.5. The molecule has 11 nitrogen and oxygen atoms in total. The number of hydrogen-bond donors (Lipinski definition) is 4. The van der Waals surface area contributed by atoms with Crippen LogP contribution < -0.4 is 14.7 Å². The smallest absolute Gasteiger partial charge is 0.430 e. The van der Waals surface area contributed by atoms with Gasteiger partial charge >= 0.3 is 12.7 Å². The van der Waals surface area contributed by atoms with Crippen molar-refractivity contribution in [2.45, 2.75) is 45.2 Å². The number of likely N-dealkylation sites (N-methyl/N-ethyl adjacent to an activating group) is 1. The Morgan fingerprint density at radius 2 is 1.97 bits per heavy atom. The number of hydrogen-bond acceptors (Lipinski definition) is 8. The summed E-state index contributed by atoms with van der Waals surface area (Å²) in [5.41, 5.74) is 0.321. The second-order valence-electron chi connectivity index (χ2n) is 9.28. The van der Waals surface area contributed by atoms with Crippen molar-refractivity contribution in [2.75, 3.05) is 33.7 Å². The molecule has 34 heavy (non-hydrogen) atoms. The summed E-state index contributed by atoms with van der Waals surface area (Å²) < 4.78 is 11.0. The average Bonchev–Trinajstić information content (AvgIpc) is 3.16. The number of aryl methyl sites for hydroxylation is 1. The molecule has 0 aliphatic carbocycles. The normalized spacial score (nSPS) is 23.1. The first-order valence-corrected chi connectivity index (χ1v) is 11.1. The average molecular weight is 478 g/mol. The Morgan fingerprint density at radius 3 is 2.62 bits per heavy atom. The van der Waals surface area contributed by atoms with Crippen LogP contribution >= 0.6 is 0 Å². The number of ether oxygens (including phenoxy) is 1. The van der Waals surface area contributed by atoms with E-state index in [4.69, 9.17) is 9.39 Å². The molecular formula is C22H33BN3O8-. The fourth-order valence-electron chi connectivity index (χ4n) is 4.57. The van der Waals surface area contributed by atoms with Gasteiger partial charge in [-0.1, -0.05) is 19.8 Å². The van der Waals surface area contributed by atoms with Crippen molar-refractivity contribution in [3.05, 3.63) is 23.3 Å². The third kappa shape index (κ3) is 5.29. The number of amides is 2. The molecule has 0 saturated carbocycles. The van der Waals surface area contributed by atoms with Crippen molar-refractivity contribution >= 4 is 24.5 Å². The van der Waals surface area contributed by atoms with Crippen molar-refractivity contribution in [1.82, 2.24) is 15.1 Å². The number of aromatic carboxylic acids is 1. The molecule has 1 aromatic rings. The van der Waals surface area contributed by atoms with Gasteiger partial charge in [-0.3, -0.25) is 9.59 Å². The molecule has 0 aromatic heterocycles. The standard InChI is InChI=1S/C21H29BN3O8.CH4/c1-24(2)20(27)15-7-12(9-23-15)8-17(26)25-10-14(11-25)32-16-4-3-13-5-6-22(30,31)33-19(13)18(16)21(28)29;/h3-4,12,14-15,23,30-31H,5-11H2,1-2H3,(H,28,29);1H4/q-1;/t12-,15+;/m1./s1. The molecule has 2 saturated heterocycles. The molecule has 2 atom stereocenters. The van der Waals surface area contributed by atoms with Gasteiger partial charge in [0.15, 0.2) is 0 Å². The Morgan fingerprint density at radius 1 is 1.26 bits per heavy atom. The number of carboxylic acids is 1. The number of nitrogens with zero attached hydrogens (tertiary/aromatic N) is 2. The van der Waals surface area contributed by atoms with Gasteiger partial charge < -0.3 is 39.7 Å². The molecule has 0 unspecified atom stereocenters. The Balaban J connectivity index is 0.00000324. The highest BCUT2D eigenvalue weighted by molar-refractivity contribution is 6.59. The maximum atomic E-state index is 12.6. The minimum atomic E-state index is -3.11. The van der Waals surface area contributed by atoms with Crippen LogP contribution in [0.5, 0.6) is 11.5 Å². The quantitative estimate of drug-likeness (QED) is 0.412. The van der Waals surface area contributed by atoms with Crippen LogP contribution in [0.15, 0.2) is 12.1 Å². The fourth-order valence-corrected chi connectivity index (χ4v) is 4.57. The Kier molecular flexibility index (Phi) is 7.44. The van der Waals surface area contributed by atoms with Crippen LogP contribution in [0.3, 0.4) is 0 Å². The molecule has 4 N–H and O–H groups in total. The molecule has 3 aliphatic rings. The van der Waals surface area contributed by atoms with Gasteiger partial charge in [-0.2, -0.15) is 0 Å². The Labute approximate surface area is 198 Å². The second-order valence-corrected chi connectivity index (χ2v) is 9.28. The summed E-state index contributed by atoms with van der Waals surface area (Å²) in [5, 5.41) is 32.5. The first-order valence-electron chi connectivity index (χ1n) is 11.1. The van der Waals surface area contributed by atoms with Crippen LogP contribution in [-0.4, -0.2) is 95.4 Å². The van der Waals surface area contributed by atoms with Crippen LogP contribution in [0.1, 0.15) is 36.2 Å². The molecule has 0 radical (unpaired) electrons. The summed E-state index contributed by atoms with van der Waals surface area (Å²) in [6, 6.07) is 2.93. The molecular weight excluding hydrogens is 445 g/mol. The maximum absolute atomic E-state index is 12.6. The van der Waals surface area contributed by atoms with Crippen molar-refractivity contribution in [2.24, 2.45) is 5.92 Å². The summed E-state index contributed by atoms with van der Waals surface area (Å²) in [7, 11) is 3.41. The van der Waals surface area contributed by atoms with Crippen molar-refractivity contribution in [1.29, 1.82) is 0 Å². The molecule has 0 bridgehead atoms. The molecule has 0 spiro atoms. The van der Waals surface area contributed by atoms with E-state index in [2.05, 4.69) is 5.32 Å². The van der Waals surface area contributed by atoms with E-state index < -0.39 is 12.7 Å². The summed E-state index contributed by atoms with van der Waals surface area (Å²) in [6.45, 7) is -1.85. The molecule has 4 rings (SSSR count). The molecule has 3 heterocycles. The van der Waals surface area contributed by atoms with Gasteiger partial charge in [-0.05, 0) is 36.9 Å². The zero-order valence-corrected chi connectivity index (χ0v) is 18.7. The van der Waals surface area contributed by atoms with Gasteiger partial charge in [-0.25, -0.2) is 4.79 Å². The summed E-state index contributed by atoms with van der Waals surface area (Å²) in [6.07, 6.45) is 0.850. The molecule has 3 aliphatic heterocycles. The highest BCUT2D eigenvalue weighted by Gasteiger charge is 2.38. The topological polar surface area (TPSA) is 149 Å². The number of fused-ring (bicyclic) bond motifs is 1. The number of carbonyl (C=O) groups is 3. The fraction of sp³-hybridized carbons (Fsp3) is 0.591. The van der Waals surface area contributed by atoms with E-state index in [1.54, 1.807) is 30.0 Å². The van der Waals surface area contributed by atoms with Crippen molar-refractivity contribution in [3.63, 3.8) is 0 Å². The summed E-state index contributed by atoms with van der Waals surface area (Å²) in [4.78, 5) is 39.7. The Hall–Kier alpha value is -2.83. The van der Waals surface area contributed by atoms with E-state index in [-0.39, 0.29) is 67.1 Å². The lowest BCUT2D eigenvalue weighted by atomic mass is 9.70. The van der Waals surface area contributed by atoms with Crippen molar-refractivity contribution in [3.8, 4) is 11.5 Å². The summed E-state index contributed by atoms with van der Waals surface area (Å²) >= 11 is 0. The highest BCUT2D eigenvalue weighted by Crippen LogP contribution is 2.39. The van der Waals surface area contributed by atoms with Crippen molar-refractivity contribution < 1.29 is 38.9 Å². The van der Waals surface area contributed by atoms with Crippen LogP contribution in [0, 0.1) is 5.92 Å². The van der Waals surface area contributed by atoms with E-state index in [0.29, 0.717) is 38.0 Å². The predicted molar refractivity (Wildman–Crippen MR) is 124 cm³/mol. The predicted octanol–water partition coefficient (Wildman–Crippen LogP) is -0.0747. The van der Waals surface area contributed by atoms with Gasteiger partial charge in [0.2, 0.25) is 11.8 Å². The molecule has 1 aromatic carbocycles. The van der Waals surface area contributed by atoms with Crippen LogP contribution in [-0.2, 0) is 16.0 Å². The summed E-state index contributed by atoms with van der Waals surface area (Å²) in [5.74, 6) is -1.25. The zero-order chi connectivity index (χ0) is 23.9. The molecule has 2 amide bonds. The van der Waals surface area contributed by atoms with Gasteiger partial charge in [0.1, 0.15) is 17.4 Å². The van der Waals surface area contributed by atoms with Crippen LogP contribution in [0.4, 0.5) is 0 Å². The van der Waals surface area contributed by atoms with Crippen LogP contribution in [0.25, 0.3) is 0 Å². The number of benzene rings is 1. The number of likely N-dealkylation sites (tertiary alicyclic amines) is 1. The first kappa shape index (κ1) is 25.8. The van der Waals surface area contributed by atoms with E-state index >= 15 is 0 Å². The lowest BCUT2D eigenvalue weighted by Crippen LogP contribution is -2.56. The minimum Gasteiger partial charge on any atom is -0.669 e. The lowest BCUT2D eigenvalue weighted by molar-refractivity contribution is -0.141. The third-order valence-corrected chi connectivity index (χ3v) is 6.43. The van der Waals surface area contributed by atoms with E-state index in [9.17, 15) is 29.5 Å². The van der Waals surface area contributed by atoms with Gasteiger partial charge in [0.05, 0.1) is 24.9 Å². The monoisotopic (exact) mass is 478 g/mol. The number of rotatable bonds is 6. The van der Waals surface area contributed by atoms with Gasteiger partial charge in [0.25, 0.3) is 0 Å². The van der Waals surface area contributed by atoms with E-state index in [1.165, 1.54) is 6.07 Å². The third-order valence-electron chi connectivity index (χ3n) is 6.43. The number of nitrogens with one attached hydrogen (secondary N) is 1. The van der Waals surface area contributed by atoms with E-state index in [1.807, 2.05) is 0 Å². The lowest BCUT2D eigenvalue weighted by Gasteiger charge is -2.40. The van der Waals surface area contributed by atoms with Gasteiger partial charge in [-0.15, -0.1) is 0 Å². The number of carbonyl (C=O) groups excluding carboxylic acids is 2. The highest BCUT2D eigenvalue weighted by atomic mass is 16.6. The maximum Gasteiger partial charge on any atom is 0.430 e. The zero-order valence-electron chi connectivity index (χ0n) is 18.7. The molecule has 188 valence electrons. The largest absolute Gasteiger partial charge is 0.669 e. The minimum absolute atomic E-state index is 0. The SMILES string of the molecule is C.CN(C)C(=O)[C@@H]1C[C@H](CC(=O)N2CC(Oc3ccc4c(c3C(=O)O)O[B-](O)(O)CC4)C2)CN1. The molecule has 12 heteroatoms. The molecule has 2 fully saturated rings. The number of carboxylic acid groups (broad SMARTS) is 1. The van der Waals surface area contributed by atoms with E-state index in [0.717, 1.165) is 0 Å². The van der Waals surface area contributed by atoms with Gasteiger partial charge in [0, 0.05) is 20.5 Å². The van der Waals surface area contributed by atoms with Crippen LogP contribution in [0.2, 0.25) is 6.32 Å².